The van der Waals surface area contributed by atoms with Gasteiger partial charge in [-0.1, -0.05) is 8.64 Å². The molecule has 53 valence electrons. The van der Waals surface area contributed by atoms with E-state index in [1.165, 1.54) is 0 Å². The Kier molecular flexibility index (Phi) is 37.7. The van der Waals surface area contributed by atoms with Gasteiger partial charge < -0.3 is 61.2 Å². The minimum absolute atomic E-state index is 0. The zero-order valence-corrected chi connectivity index (χ0v) is 12.3. The molecule has 0 spiro atoms. The summed E-state index contributed by atoms with van der Waals surface area (Å²) in [6.45, 7) is 0. The topological polar surface area (TPSA) is 52.0 Å². The van der Waals surface area contributed by atoms with Gasteiger partial charge in [-0.2, -0.15) is 0 Å². The van der Waals surface area contributed by atoms with Crippen molar-refractivity contribution in [3.05, 3.63) is 0 Å². The molecule has 0 aliphatic carbocycles. The molecule has 0 saturated carbocycles. The standard InChI is InChI=1S/2CH3NS2.Mn.Zn/c2*2-1(3)4;;/h2*(H3,2,3,4);;/q;;2*+2/p-2. The van der Waals surface area contributed by atoms with E-state index in [4.69, 9.17) is 0 Å². The van der Waals surface area contributed by atoms with Gasteiger partial charge in [0, 0.05) is 0 Å². The summed E-state index contributed by atoms with van der Waals surface area (Å²) in [5, 5.41) is 0. The zero-order chi connectivity index (χ0) is 7.15. The van der Waals surface area contributed by atoms with Crippen LogP contribution in [0.5, 0.6) is 0 Å². The van der Waals surface area contributed by atoms with Crippen LogP contribution in [-0.4, -0.2) is 8.64 Å². The first kappa shape index (κ1) is 22.5. The Bertz CT molecular complexity index is 79.3. The maximum absolute atomic E-state index is 4.66. The van der Waals surface area contributed by atoms with E-state index in [-0.39, 0.29) is 45.2 Å². The minimum atomic E-state index is 0. The first-order valence-electron chi connectivity index (χ1n) is 1.39. The summed E-state index contributed by atoms with van der Waals surface area (Å²) in [4.78, 5) is 0. The van der Waals surface area contributed by atoms with Crippen molar-refractivity contribution in [1.82, 2.24) is 0 Å². The van der Waals surface area contributed by atoms with Gasteiger partial charge in [-0.3, -0.25) is 0 Å². The first-order chi connectivity index (χ1) is 3.46. The van der Waals surface area contributed by atoms with Gasteiger partial charge in [0.15, 0.2) is 0 Å². The van der Waals surface area contributed by atoms with E-state index < -0.39 is 0 Å². The van der Waals surface area contributed by atoms with Crippen molar-refractivity contribution < 1.29 is 36.5 Å². The third-order valence-electron chi connectivity index (χ3n) is 0. The maximum Gasteiger partial charge on any atom is 2.00 e. The fourth-order valence-corrected chi connectivity index (χ4v) is 0. The summed E-state index contributed by atoms with van der Waals surface area (Å²) in [5.74, 6) is 0. The molecule has 10 heavy (non-hydrogen) atoms. The Labute approximate surface area is 105 Å². The summed E-state index contributed by atoms with van der Waals surface area (Å²) < 4.78 is 0.167. The van der Waals surface area contributed by atoms with Crippen LogP contribution in [-0.2, 0) is 61.8 Å². The number of hydrogen-bond donors (Lipinski definition) is 2. The quantitative estimate of drug-likeness (QED) is 0.359. The molecule has 4 N–H and O–H groups in total. The minimum Gasteiger partial charge on any atom is -0.415 e. The smallest absolute Gasteiger partial charge is 0.415 e. The van der Waals surface area contributed by atoms with Crippen LogP contribution >= 0.6 is 24.4 Å². The van der Waals surface area contributed by atoms with Crippen LogP contribution in [0.15, 0.2) is 0 Å². The fraction of sp³-hybridized carbons (Fsp3) is 0. The number of thiocarbonyl (C=S) groups is 2. The van der Waals surface area contributed by atoms with Gasteiger partial charge in [-0.05, 0) is 0 Å². The third-order valence-corrected chi connectivity index (χ3v) is 0. The van der Waals surface area contributed by atoms with Crippen LogP contribution in [0, 0.1) is 0 Å². The first-order valence-corrected chi connectivity index (χ1v) is 3.03. The molecule has 2 nitrogen and oxygen atoms in total. The molecule has 0 aromatic carbocycles. The van der Waals surface area contributed by atoms with Crippen molar-refractivity contribution in [2.75, 3.05) is 0 Å². The molecule has 8 heteroatoms. The average molecular weight is 305 g/mol. The molecule has 0 rings (SSSR count). The summed E-state index contributed by atoms with van der Waals surface area (Å²) in [5.41, 5.74) is 9.31. The van der Waals surface area contributed by atoms with Crippen molar-refractivity contribution in [2.45, 2.75) is 0 Å². The molecule has 0 aliphatic rings. The van der Waals surface area contributed by atoms with E-state index >= 15 is 0 Å². The van der Waals surface area contributed by atoms with E-state index in [1.54, 1.807) is 0 Å². The molecule has 0 amide bonds. The van der Waals surface area contributed by atoms with E-state index in [1.807, 2.05) is 0 Å². The predicted molar refractivity (Wildman–Crippen MR) is 48.3 cm³/mol. The van der Waals surface area contributed by atoms with Crippen molar-refractivity contribution in [3.8, 4) is 0 Å². The van der Waals surface area contributed by atoms with Crippen LogP contribution in [0.2, 0.25) is 0 Å². The van der Waals surface area contributed by atoms with E-state index in [0.29, 0.717) is 0 Å². The van der Waals surface area contributed by atoms with Gasteiger partial charge in [0.2, 0.25) is 0 Å². The Morgan fingerprint density at radius 3 is 1.00 bits per heavy atom. The van der Waals surface area contributed by atoms with Crippen molar-refractivity contribution >= 4 is 58.3 Å². The number of rotatable bonds is 0. The summed E-state index contributed by atoms with van der Waals surface area (Å²) in [6.07, 6.45) is 0. The van der Waals surface area contributed by atoms with Crippen LogP contribution in [0.4, 0.5) is 0 Å². The monoisotopic (exact) mass is 303 g/mol. The average Bonchev–Trinajstić information content (AvgIpc) is 1.25. The molecular weight excluding hydrogens is 301 g/mol. The third kappa shape index (κ3) is 353. The van der Waals surface area contributed by atoms with Crippen molar-refractivity contribution in [1.29, 1.82) is 0 Å². The fourth-order valence-electron chi connectivity index (χ4n) is 0. The molecule has 0 aromatic rings. The van der Waals surface area contributed by atoms with Crippen LogP contribution < -0.4 is 11.5 Å². The number of hydrogen-bond acceptors (Lipinski definition) is 4. The Balaban J connectivity index is -0.0000000300. The van der Waals surface area contributed by atoms with Gasteiger partial charge in [0.1, 0.15) is 0 Å². The number of nitrogens with two attached hydrogens (primary N) is 2. The van der Waals surface area contributed by atoms with Gasteiger partial charge in [-0.25, -0.2) is 0 Å². The van der Waals surface area contributed by atoms with Gasteiger partial charge in [0.05, 0.1) is 0 Å². The SMILES string of the molecule is NC(=S)[S-].NC(=S)[S-].[Mn+2].[Zn+2]. The predicted octanol–water partition coefficient (Wildman–Crippen LogP) is -0.451. The van der Waals surface area contributed by atoms with Gasteiger partial charge in [0.25, 0.3) is 0 Å². The molecular formula is C2H4MnN2S4Zn+2. The van der Waals surface area contributed by atoms with E-state index in [9.17, 15) is 0 Å². The van der Waals surface area contributed by atoms with Crippen molar-refractivity contribution in [3.63, 3.8) is 0 Å². The molecule has 0 atom stereocenters. The van der Waals surface area contributed by atoms with Crippen LogP contribution in [0.25, 0.3) is 0 Å². The molecule has 0 bridgehead atoms. The van der Waals surface area contributed by atoms with E-state index in [2.05, 4.69) is 61.2 Å². The Hall–Kier alpha value is 1.36. The second kappa shape index (κ2) is 16.8. The summed E-state index contributed by atoms with van der Waals surface area (Å²) in [7, 11) is 0. The normalized spacial score (nSPS) is 4.80. The molecule has 0 heterocycles. The largest absolute Gasteiger partial charge is 2.00 e. The van der Waals surface area contributed by atoms with Crippen LogP contribution in [0.3, 0.4) is 0 Å². The second-order valence-electron chi connectivity index (χ2n) is 0.638. The molecule has 1 radical (unpaired) electrons. The molecule has 0 fully saturated rings. The molecule has 0 saturated heterocycles. The van der Waals surface area contributed by atoms with Crippen molar-refractivity contribution in [2.24, 2.45) is 11.5 Å². The Morgan fingerprint density at radius 1 is 1.00 bits per heavy atom. The summed E-state index contributed by atoms with van der Waals surface area (Å²) in [6, 6.07) is 0. The van der Waals surface area contributed by atoms with E-state index in [0.717, 1.165) is 0 Å². The summed E-state index contributed by atoms with van der Waals surface area (Å²) >= 11 is 16.5. The zero-order valence-electron chi connectivity index (χ0n) is 4.87. The van der Waals surface area contributed by atoms with Gasteiger partial charge in [-0.15, -0.1) is 0 Å². The van der Waals surface area contributed by atoms with Gasteiger partial charge >= 0.3 is 36.5 Å². The second-order valence-corrected chi connectivity index (χ2v) is 2.91. The molecule has 0 aliphatic heterocycles. The molecule has 0 aromatic heterocycles. The molecule has 0 unspecified atom stereocenters. The van der Waals surface area contributed by atoms with Crippen LogP contribution in [0.1, 0.15) is 0 Å². The Morgan fingerprint density at radius 2 is 1.00 bits per heavy atom. The maximum atomic E-state index is 4.66.